The predicted molar refractivity (Wildman–Crippen MR) is 82.1 cm³/mol. The van der Waals surface area contributed by atoms with Gasteiger partial charge in [-0.05, 0) is 38.4 Å². The second-order valence-corrected chi connectivity index (χ2v) is 4.81. The molecule has 0 radical (unpaired) electrons. The van der Waals surface area contributed by atoms with Gasteiger partial charge in [0, 0.05) is 12.8 Å². The van der Waals surface area contributed by atoms with Crippen molar-refractivity contribution in [3.05, 3.63) is 24.0 Å². The van der Waals surface area contributed by atoms with Crippen molar-refractivity contribution in [1.82, 2.24) is 10.3 Å². The first-order valence-electron chi connectivity index (χ1n) is 7.62. The summed E-state index contributed by atoms with van der Waals surface area (Å²) in [7, 11) is 1.69. The van der Waals surface area contributed by atoms with Crippen LogP contribution in [0.1, 0.15) is 51.8 Å². The Labute approximate surface area is 122 Å². The summed E-state index contributed by atoms with van der Waals surface area (Å²) in [5.41, 5.74) is 0.940. The summed E-state index contributed by atoms with van der Waals surface area (Å²) in [6.07, 6.45) is 5.11. The Morgan fingerprint density at radius 2 is 2.05 bits per heavy atom. The Balaban J connectivity index is 3.01. The Morgan fingerprint density at radius 3 is 2.65 bits per heavy atom. The lowest BCUT2D eigenvalue weighted by molar-refractivity contribution is 0.0259. The number of hydrogen-bond acceptors (Lipinski definition) is 4. The standard InChI is InChI=1S/C16H28N2O2/c1-5-9-14(20-7-3)16(17-11-6-2)15-13(19-4)10-8-12-18-15/h8,10,12,14,16-17H,5-7,9,11H2,1-4H3. The van der Waals surface area contributed by atoms with Gasteiger partial charge in [-0.15, -0.1) is 0 Å². The molecular formula is C16H28N2O2. The topological polar surface area (TPSA) is 43.4 Å². The van der Waals surface area contributed by atoms with Crippen LogP contribution in [0.25, 0.3) is 0 Å². The van der Waals surface area contributed by atoms with Crippen LogP contribution in [0.15, 0.2) is 18.3 Å². The fourth-order valence-electron chi connectivity index (χ4n) is 2.36. The minimum atomic E-state index is 0.0750. The van der Waals surface area contributed by atoms with E-state index in [2.05, 4.69) is 24.1 Å². The van der Waals surface area contributed by atoms with Crippen LogP contribution < -0.4 is 10.1 Å². The van der Waals surface area contributed by atoms with E-state index < -0.39 is 0 Å². The molecule has 0 amide bonds. The van der Waals surface area contributed by atoms with Gasteiger partial charge in [-0.1, -0.05) is 20.3 Å². The third-order valence-corrected chi connectivity index (χ3v) is 3.25. The van der Waals surface area contributed by atoms with Gasteiger partial charge in [0.25, 0.3) is 0 Å². The zero-order chi connectivity index (χ0) is 14.8. The predicted octanol–water partition coefficient (Wildman–Crippen LogP) is 3.34. The lowest BCUT2D eigenvalue weighted by Gasteiger charge is -2.28. The zero-order valence-corrected chi connectivity index (χ0v) is 13.2. The molecule has 0 saturated heterocycles. The molecule has 0 bridgehead atoms. The zero-order valence-electron chi connectivity index (χ0n) is 13.2. The SMILES string of the molecule is CCCNC(c1ncccc1OC)C(CCC)OCC. The minimum absolute atomic E-state index is 0.0750. The summed E-state index contributed by atoms with van der Waals surface area (Å²) < 4.78 is 11.4. The van der Waals surface area contributed by atoms with Crippen LogP contribution in [0.3, 0.4) is 0 Å². The van der Waals surface area contributed by atoms with Crippen LogP contribution >= 0.6 is 0 Å². The highest BCUT2D eigenvalue weighted by molar-refractivity contribution is 5.30. The lowest BCUT2D eigenvalue weighted by atomic mass is 10.0. The highest BCUT2D eigenvalue weighted by Gasteiger charge is 2.26. The van der Waals surface area contributed by atoms with E-state index in [1.54, 1.807) is 7.11 Å². The molecule has 1 rings (SSSR count). The molecule has 0 aliphatic rings. The van der Waals surface area contributed by atoms with Crippen LogP contribution in [0.4, 0.5) is 0 Å². The third-order valence-electron chi connectivity index (χ3n) is 3.25. The number of nitrogens with one attached hydrogen (secondary N) is 1. The van der Waals surface area contributed by atoms with Gasteiger partial charge in [0.1, 0.15) is 11.4 Å². The molecule has 4 heteroatoms. The molecule has 114 valence electrons. The van der Waals surface area contributed by atoms with E-state index in [9.17, 15) is 0 Å². The van der Waals surface area contributed by atoms with Crippen molar-refractivity contribution in [3.63, 3.8) is 0 Å². The molecule has 0 saturated carbocycles. The fourth-order valence-corrected chi connectivity index (χ4v) is 2.36. The molecule has 20 heavy (non-hydrogen) atoms. The van der Waals surface area contributed by atoms with Gasteiger partial charge >= 0.3 is 0 Å². The number of aromatic nitrogens is 1. The van der Waals surface area contributed by atoms with Gasteiger partial charge in [-0.25, -0.2) is 0 Å². The van der Waals surface area contributed by atoms with Crippen molar-refractivity contribution < 1.29 is 9.47 Å². The van der Waals surface area contributed by atoms with Crippen LogP contribution in [-0.4, -0.2) is 31.3 Å². The molecule has 1 N–H and O–H groups in total. The van der Waals surface area contributed by atoms with E-state index >= 15 is 0 Å². The van der Waals surface area contributed by atoms with E-state index in [-0.39, 0.29) is 12.1 Å². The number of nitrogens with zero attached hydrogens (tertiary/aromatic N) is 1. The summed E-state index contributed by atoms with van der Waals surface area (Å²) in [4.78, 5) is 4.52. The van der Waals surface area contributed by atoms with Crippen molar-refractivity contribution in [3.8, 4) is 5.75 Å². The molecular weight excluding hydrogens is 252 g/mol. The first-order valence-corrected chi connectivity index (χ1v) is 7.62. The monoisotopic (exact) mass is 280 g/mol. The summed E-state index contributed by atoms with van der Waals surface area (Å²) in [5.74, 6) is 0.821. The average molecular weight is 280 g/mol. The van der Waals surface area contributed by atoms with E-state index in [4.69, 9.17) is 9.47 Å². The highest BCUT2D eigenvalue weighted by atomic mass is 16.5. The number of methoxy groups -OCH3 is 1. The number of rotatable bonds is 10. The van der Waals surface area contributed by atoms with E-state index in [1.807, 2.05) is 25.3 Å². The van der Waals surface area contributed by atoms with E-state index in [1.165, 1.54) is 0 Å². The molecule has 0 spiro atoms. The van der Waals surface area contributed by atoms with Crippen molar-refractivity contribution in [2.45, 2.75) is 52.2 Å². The van der Waals surface area contributed by atoms with Crippen LogP contribution in [0.5, 0.6) is 5.75 Å². The van der Waals surface area contributed by atoms with Crippen molar-refractivity contribution >= 4 is 0 Å². The molecule has 4 nitrogen and oxygen atoms in total. The highest BCUT2D eigenvalue weighted by Crippen LogP contribution is 2.28. The largest absolute Gasteiger partial charge is 0.495 e. The quantitative estimate of drug-likeness (QED) is 0.714. The fraction of sp³-hybridized carbons (Fsp3) is 0.688. The van der Waals surface area contributed by atoms with Crippen LogP contribution in [0.2, 0.25) is 0 Å². The Bertz CT molecular complexity index is 365. The Kier molecular flexibility index (Phi) is 8.23. The van der Waals surface area contributed by atoms with Crippen molar-refractivity contribution in [2.75, 3.05) is 20.3 Å². The van der Waals surface area contributed by atoms with Crippen molar-refractivity contribution in [2.24, 2.45) is 0 Å². The maximum atomic E-state index is 5.94. The third kappa shape index (κ3) is 4.76. The second kappa shape index (κ2) is 9.72. The summed E-state index contributed by atoms with van der Waals surface area (Å²) >= 11 is 0. The minimum Gasteiger partial charge on any atom is -0.495 e. The van der Waals surface area contributed by atoms with E-state index in [0.29, 0.717) is 6.61 Å². The maximum absolute atomic E-state index is 5.94. The van der Waals surface area contributed by atoms with Crippen molar-refractivity contribution in [1.29, 1.82) is 0 Å². The average Bonchev–Trinajstić information content (AvgIpc) is 2.48. The summed E-state index contributed by atoms with van der Waals surface area (Å²) in [6.45, 7) is 8.03. The molecule has 0 aromatic carbocycles. The Morgan fingerprint density at radius 1 is 1.25 bits per heavy atom. The van der Waals surface area contributed by atoms with Crippen LogP contribution in [-0.2, 0) is 4.74 Å². The first kappa shape index (κ1) is 16.9. The molecule has 2 unspecified atom stereocenters. The van der Waals surface area contributed by atoms with Crippen LogP contribution in [0, 0.1) is 0 Å². The molecule has 0 aliphatic heterocycles. The number of ether oxygens (including phenoxy) is 2. The summed E-state index contributed by atoms with van der Waals surface area (Å²) in [6, 6.07) is 3.93. The van der Waals surface area contributed by atoms with Gasteiger partial charge < -0.3 is 14.8 Å². The van der Waals surface area contributed by atoms with Gasteiger partial charge in [0.05, 0.1) is 19.3 Å². The first-order chi connectivity index (χ1) is 9.78. The normalized spacial score (nSPS) is 14.0. The van der Waals surface area contributed by atoms with Gasteiger partial charge in [0.2, 0.25) is 0 Å². The summed E-state index contributed by atoms with van der Waals surface area (Å²) in [5, 5.41) is 3.56. The van der Waals surface area contributed by atoms with Gasteiger partial charge in [0.15, 0.2) is 0 Å². The van der Waals surface area contributed by atoms with Gasteiger partial charge in [-0.3, -0.25) is 4.98 Å². The van der Waals surface area contributed by atoms with Gasteiger partial charge in [-0.2, -0.15) is 0 Å². The maximum Gasteiger partial charge on any atom is 0.142 e. The molecule has 0 aliphatic carbocycles. The molecule has 1 aromatic heterocycles. The number of pyridine rings is 1. The lowest BCUT2D eigenvalue weighted by Crippen LogP contribution is -2.35. The number of hydrogen-bond donors (Lipinski definition) is 1. The molecule has 2 atom stereocenters. The second-order valence-electron chi connectivity index (χ2n) is 4.81. The molecule has 0 fully saturated rings. The molecule has 1 heterocycles. The molecule has 1 aromatic rings. The smallest absolute Gasteiger partial charge is 0.142 e. The Hall–Kier alpha value is -1.13. The van der Waals surface area contributed by atoms with E-state index in [0.717, 1.165) is 37.3 Å².